The fraction of sp³-hybridized carbons (Fsp3) is 0.625. The molecule has 1 fully saturated rings. The second-order valence-corrected chi connectivity index (χ2v) is 3.44. The molecule has 0 amide bonds. The fourth-order valence-corrected chi connectivity index (χ4v) is 1.49. The second kappa shape index (κ2) is 5.13. The summed E-state index contributed by atoms with van der Waals surface area (Å²) in [5.41, 5.74) is -0.948. The molecule has 7 nitrogen and oxygen atoms in total. The Morgan fingerprint density at radius 3 is 2.44 bits per heavy atom. The highest BCUT2D eigenvalue weighted by Crippen LogP contribution is 2.01. The van der Waals surface area contributed by atoms with Crippen LogP contribution in [0.2, 0.25) is 0 Å². The number of anilines is 1. The van der Waals surface area contributed by atoms with E-state index in [1.165, 1.54) is 7.05 Å². The highest BCUT2D eigenvalue weighted by Gasteiger charge is 2.13. The maximum Gasteiger partial charge on any atom is 0.354 e. The quantitative estimate of drug-likeness (QED) is 0.618. The number of hydrogen-bond acceptors (Lipinski definition) is 5. The summed E-state index contributed by atoms with van der Waals surface area (Å²) in [6.45, 7) is 3.16. The summed E-state index contributed by atoms with van der Waals surface area (Å²) >= 11 is 0. The Hall–Kier alpha value is -1.34. The summed E-state index contributed by atoms with van der Waals surface area (Å²) in [5, 5.41) is 3.18. The standard InChI is InChI=1S/C8H13N5O2.ClH/c1-12-7(14)10-6(11-8(12)15)13-4-2-9-3-5-13;/h9H,2-5H2,1H3,(H,10,11,14,15);1H. The van der Waals surface area contributed by atoms with Gasteiger partial charge < -0.3 is 10.2 Å². The van der Waals surface area contributed by atoms with Crippen LogP contribution in [0.25, 0.3) is 0 Å². The first kappa shape index (κ1) is 12.7. The van der Waals surface area contributed by atoms with E-state index in [9.17, 15) is 9.59 Å². The first-order chi connectivity index (χ1) is 7.18. The molecule has 0 atom stereocenters. The van der Waals surface area contributed by atoms with E-state index in [-0.39, 0.29) is 12.4 Å². The number of nitrogens with one attached hydrogen (secondary N) is 2. The minimum atomic E-state index is -0.521. The van der Waals surface area contributed by atoms with Gasteiger partial charge in [-0.3, -0.25) is 4.98 Å². The molecule has 2 N–H and O–H groups in total. The molecule has 0 saturated carbocycles. The lowest BCUT2D eigenvalue weighted by Gasteiger charge is -2.27. The molecule has 1 aromatic heterocycles. The molecule has 16 heavy (non-hydrogen) atoms. The molecule has 1 aliphatic heterocycles. The number of aromatic nitrogens is 3. The molecule has 2 heterocycles. The highest BCUT2D eigenvalue weighted by molar-refractivity contribution is 5.85. The molecule has 0 unspecified atom stereocenters. The monoisotopic (exact) mass is 247 g/mol. The van der Waals surface area contributed by atoms with E-state index in [4.69, 9.17) is 0 Å². The van der Waals surface area contributed by atoms with Gasteiger partial charge in [0.05, 0.1) is 0 Å². The Balaban J connectivity index is 0.00000128. The molecule has 1 saturated heterocycles. The van der Waals surface area contributed by atoms with E-state index >= 15 is 0 Å². The van der Waals surface area contributed by atoms with E-state index < -0.39 is 11.4 Å². The van der Waals surface area contributed by atoms with Crippen molar-refractivity contribution in [1.82, 2.24) is 19.9 Å². The molecule has 0 aliphatic carbocycles. The number of hydrogen-bond donors (Lipinski definition) is 2. The van der Waals surface area contributed by atoms with Crippen molar-refractivity contribution in [2.45, 2.75) is 0 Å². The molecule has 2 rings (SSSR count). The molecule has 8 heteroatoms. The van der Waals surface area contributed by atoms with Crippen molar-refractivity contribution < 1.29 is 0 Å². The maximum atomic E-state index is 11.3. The first-order valence-electron chi connectivity index (χ1n) is 4.81. The Labute approximate surface area is 97.9 Å². The van der Waals surface area contributed by atoms with Gasteiger partial charge in [-0.2, -0.15) is 4.98 Å². The first-order valence-corrected chi connectivity index (χ1v) is 4.81. The van der Waals surface area contributed by atoms with Crippen LogP contribution in [-0.4, -0.2) is 40.7 Å². The average molecular weight is 248 g/mol. The summed E-state index contributed by atoms with van der Waals surface area (Å²) in [4.78, 5) is 30.9. The zero-order chi connectivity index (χ0) is 10.8. The van der Waals surface area contributed by atoms with E-state index in [1.54, 1.807) is 0 Å². The van der Waals surface area contributed by atoms with Gasteiger partial charge in [0.1, 0.15) is 0 Å². The van der Waals surface area contributed by atoms with E-state index in [0.29, 0.717) is 5.95 Å². The van der Waals surface area contributed by atoms with Crippen LogP contribution in [0.5, 0.6) is 0 Å². The van der Waals surface area contributed by atoms with E-state index in [0.717, 1.165) is 30.7 Å². The van der Waals surface area contributed by atoms with Gasteiger partial charge in [-0.05, 0) is 0 Å². The second-order valence-electron chi connectivity index (χ2n) is 3.44. The zero-order valence-electron chi connectivity index (χ0n) is 8.89. The summed E-state index contributed by atoms with van der Waals surface area (Å²) in [6, 6.07) is 0. The fourth-order valence-electron chi connectivity index (χ4n) is 1.49. The Kier molecular flexibility index (Phi) is 4.08. The Morgan fingerprint density at radius 2 is 1.88 bits per heavy atom. The third-order valence-electron chi connectivity index (χ3n) is 2.43. The molecule has 1 aliphatic rings. The van der Waals surface area contributed by atoms with Crippen molar-refractivity contribution >= 4 is 18.4 Å². The third kappa shape index (κ3) is 2.42. The highest BCUT2D eigenvalue weighted by atomic mass is 35.5. The Bertz CT molecular complexity index is 431. The van der Waals surface area contributed by atoms with Crippen molar-refractivity contribution in [2.24, 2.45) is 7.05 Å². The predicted octanol–water partition coefficient (Wildman–Crippen LogP) is -1.70. The number of rotatable bonds is 1. The lowest BCUT2D eigenvalue weighted by Crippen LogP contribution is -2.46. The topological polar surface area (TPSA) is 83.0 Å². The van der Waals surface area contributed by atoms with Crippen molar-refractivity contribution in [3.8, 4) is 0 Å². The Morgan fingerprint density at radius 1 is 1.25 bits per heavy atom. The molecule has 1 aromatic rings. The molecule has 0 bridgehead atoms. The number of nitrogens with zero attached hydrogens (tertiary/aromatic N) is 3. The predicted molar refractivity (Wildman–Crippen MR) is 62.4 cm³/mol. The van der Waals surface area contributed by atoms with Gasteiger partial charge in [0.15, 0.2) is 0 Å². The lowest BCUT2D eigenvalue weighted by atomic mass is 10.4. The van der Waals surface area contributed by atoms with Crippen LogP contribution in [0.3, 0.4) is 0 Å². The van der Waals surface area contributed by atoms with Crippen LogP contribution in [0, 0.1) is 0 Å². The molecule has 0 radical (unpaired) electrons. The normalized spacial score (nSPS) is 15.7. The van der Waals surface area contributed by atoms with Gasteiger partial charge in [-0.25, -0.2) is 14.2 Å². The van der Waals surface area contributed by atoms with Crippen LogP contribution in [0.4, 0.5) is 5.95 Å². The van der Waals surface area contributed by atoms with E-state index in [1.807, 2.05) is 4.90 Å². The zero-order valence-corrected chi connectivity index (χ0v) is 9.71. The lowest BCUT2D eigenvalue weighted by molar-refractivity contribution is 0.572. The minimum absolute atomic E-state index is 0. The van der Waals surface area contributed by atoms with Crippen molar-refractivity contribution in [2.75, 3.05) is 31.1 Å². The molecular formula is C8H14ClN5O2. The van der Waals surface area contributed by atoms with Gasteiger partial charge >= 0.3 is 11.4 Å². The van der Waals surface area contributed by atoms with Crippen LogP contribution in [0.15, 0.2) is 9.59 Å². The van der Waals surface area contributed by atoms with Crippen molar-refractivity contribution in [1.29, 1.82) is 0 Å². The van der Waals surface area contributed by atoms with Gasteiger partial charge in [0.25, 0.3) is 0 Å². The largest absolute Gasteiger partial charge is 0.354 e. The van der Waals surface area contributed by atoms with Gasteiger partial charge in [-0.15, -0.1) is 12.4 Å². The number of H-pyrrole nitrogens is 1. The van der Waals surface area contributed by atoms with Gasteiger partial charge in [0.2, 0.25) is 5.95 Å². The summed E-state index contributed by atoms with van der Waals surface area (Å²) in [6.07, 6.45) is 0. The third-order valence-corrected chi connectivity index (χ3v) is 2.43. The number of aromatic amines is 1. The average Bonchev–Trinajstić information content (AvgIpc) is 2.26. The van der Waals surface area contributed by atoms with Crippen molar-refractivity contribution in [3.63, 3.8) is 0 Å². The summed E-state index contributed by atoms with van der Waals surface area (Å²) < 4.78 is 0.950. The van der Waals surface area contributed by atoms with Crippen molar-refractivity contribution in [3.05, 3.63) is 21.0 Å². The molecule has 0 aromatic carbocycles. The minimum Gasteiger partial charge on any atom is -0.340 e. The number of halogens is 1. The summed E-state index contributed by atoms with van der Waals surface area (Å²) in [5.74, 6) is 0.365. The van der Waals surface area contributed by atoms with Crippen LogP contribution in [-0.2, 0) is 7.05 Å². The SMILES string of the molecule is Cl.Cn1c(=O)nc(N2CCNCC2)[nH]c1=O. The molecule has 0 spiro atoms. The van der Waals surface area contributed by atoms with Gasteiger partial charge in [0, 0.05) is 33.2 Å². The van der Waals surface area contributed by atoms with Crippen LogP contribution < -0.4 is 21.6 Å². The summed E-state index contributed by atoms with van der Waals surface area (Å²) in [7, 11) is 1.40. The number of piperazine rings is 1. The maximum absolute atomic E-state index is 11.3. The van der Waals surface area contributed by atoms with Crippen LogP contribution >= 0.6 is 12.4 Å². The van der Waals surface area contributed by atoms with Gasteiger partial charge in [-0.1, -0.05) is 0 Å². The smallest absolute Gasteiger partial charge is 0.340 e. The molecular weight excluding hydrogens is 234 g/mol. The molecule has 90 valence electrons. The van der Waals surface area contributed by atoms with E-state index in [2.05, 4.69) is 15.3 Å². The van der Waals surface area contributed by atoms with Crippen LogP contribution in [0.1, 0.15) is 0 Å².